The fourth-order valence-corrected chi connectivity index (χ4v) is 3.87. The maximum Gasteiger partial charge on any atom is 0.266 e. The minimum atomic E-state index is -0.0734. The minimum Gasteiger partial charge on any atom is -0.508 e. The molecule has 0 aliphatic carbocycles. The molecule has 0 spiro atoms. The zero-order valence-corrected chi connectivity index (χ0v) is 16.3. The van der Waals surface area contributed by atoms with Gasteiger partial charge in [0.1, 0.15) is 22.4 Å². The molecule has 1 saturated heterocycles. The van der Waals surface area contributed by atoms with E-state index in [0.29, 0.717) is 28.8 Å². The number of hydrogen-bond acceptors (Lipinski definition) is 5. The van der Waals surface area contributed by atoms with Crippen LogP contribution in [0.1, 0.15) is 11.1 Å². The number of aromatic hydroxyl groups is 1. The SMILES string of the molecule is C=CCOc1ccc(/C=C2\SC(=S)N(CCc3ccc(O)cc3)C2=O)cc1. The number of benzene rings is 2. The van der Waals surface area contributed by atoms with E-state index < -0.39 is 0 Å². The highest BCUT2D eigenvalue weighted by atomic mass is 32.2. The van der Waals surface area contributed by atoms with Gasteiger partial charge in [0.05, 0.1) is 4.91 Å². The van der Waals surface area contributed by atoms with Gasteiger partial charge in [-0.15, -0.1) is 0 Å². The predicted octanol–water partition coefficient (Wildman–Crippen LogP) is 4.40. The monoisotopic (exact) mass is 397 g/mol. The number of thiocarbonyl (C=S) groups is 1. The van der Waals surface area contributed by atoms with Crippen LogP contribution in [0, 0.1) is 0 Å². The molecule has 27 heavy (non-hydrogen) atoms. The van der Waals surface area contributed by atoms with Gasteiger partial charge in [-0.1, -0.05) is 60.9 Å². The fourth-order valence-electron chi connectivity index (χ4n) is 2.56. The highest BCUT2D eigenvalue weighted by molar-refractivity contribution is 8.26. The first-order valence-electron chi connectivity index (χ1n) is 8.44. The van der Waals surface area contributed by atoms with Crippen molar-refractivity contribution in [1.82, 2.24) is 4.90 Å². The van der Waals surface area contributed by atoms with E-state index in [-0.39, 0.29) is 11.7 Å². The lowest BCUT2D eigenvalue weighted by atomic mass is 10.1. The smallest absolute Gasteiger partial charge is 0.266 e. The number of amides is 1. The van der Waals surface area contributed by atoms with Gasteiger partial charge in [-0.2, -0.15) is 0 Å². The van der Waals surface area contributed by atoms with Gasteiger partial charge in [0.2, 0.25) is 0 Å². The summed E-state index contributed by atoms with van der Waals surface area (Å²) < 4.78 is 6.03. The Kier molecular flexibility index (Phi) is 6.32. The van der Waals surface area contributed by atoms with Gasteiger partial charge in [-0.3, -0.25) is 9.69 Å². The first-order valence-corrected chi connectivity index (χ1v) is 9.66. The molecular formula is C21H19NO3S2. The van der Waals surface area contributed by atoms with E-state index in [9.17, 15) is 9.90 Å². The van der Waals surface area contributed by atoms with Crippen molar-refractivity contribution in [3.05, 3.63) is 77.2 Å². The van der Waals surface area contributed by atoms with E-state index >= 15 is 0 Å². The first kappa shape index (κ1) is 19.2. The molecule has 0 atom stereocenters. The second-order valence-corrected chi connectivity index (χ2v) is 7.59. The predicted molar refractivity (Wildman–Crippen MR) is 114 cm³/mol. The summed E-state index contributed by atoms with van der Waals surface area (Å²) in [5.74, 6) is 0.914. The summed E-state index contributed by atoms with van der Waals surface area (Å²) in [7, 11) is 0. The molecule has 0 aromatic heterocycles. The van der Waals surface area contributed by atoms with Crippen molar-refractivity contribution in [3.8, 4) is 11.5 Å². The highest BCUT2D eigenvalue weighted by Crippen LogP contribution is 2.33. The summed E-state index contributed by atoms with van der Waals surface area (Å²) >= 11 is 6.69. The summed E-state index contributed by atoms with van der Waals surface area (Å²) in [5, 5.41) is 9.35. The van der Waals surface area contributed by atoms with Crippen LogP contribution < -0.4 is 4.74 Å². The van der Waals surface area contributed by atoms with Crippen LogP contribution in [-0.4, -0.2) is 33.4 Å². The summed E-state index contributed by atoms with van der Waals surface area (Å²) in [5.41, 5.74) is 1.96. The van der Waals surface area contributed by atoms with Crippen molar-refractivity contribution < 1.29 is 14.6 Å². The Bertz CT molecular complexity index is 873. The number of hydrogen-bond donors (Lipinski definition) is 1. The Morgan fingerprint density at radius 1 is 1.15 bits per heavy atom. The molecule has 1 amide bonds. The summed E-state index contributed by atoms with van der Waals surface area (Å²) in [4.78, 5) is 14.9. The summed E-state index contributed by atoms with van der Waals surface area (Å²) in [6.07, 6.45) is 4.21. The molecule has 1 fully saturated rings. The second-order valence-electron chi connectivity index (χ2n) is 5.92. The number of carbonyl (C=O) groups excluding carboxylic acids is 1. The summed E-state index contributed by atoms with van der Waals surface area (Å²) in [6, 6.07) is 14.5. The molecule has 6 heteroatoms. The number of nitrogens with zero attached hydrogens (tertiary/aromatic N) is 1. The molecule has 1 aliphatic rings. The van der Waals surface area contributed by atoms with E-state index in [2.05, 4.69) is 6.58 Å². The lowest BCUT2D eigenvalue weighted by Gasteiger charge is -2.14. The van der Waals surface area contributed by atoms with Crippen LogP contribution in [0.3, 0.4) is 0 Å². The number of rotatable bonds is 7. The number of ether oxygens (including phenoxy) is 1. The molecule has 1 N–H and O–H groups in total. The van der Waals surface area contributed by atoms with Crippen molar-refractivity contribution in [3.63, 3.8) is 0 Å². The van der Waals surface area contributed by atoms with Gasteiger partial charge >= 0.3 is 0 Å². The van der Waals surface area contributed by atoms with E-state index in [4.69, 9.17) is 17.0 Å². The van der Waals surface area contributed by atoms with Crippen LogP contribution in [0.4, 0.5) is 0 Å². The molecule has 0 bridgehead atoms. The third-order valence-corrected chi connectivity index (χ3v) is 5.36. The third-order valence-electron chi connectivity index (χ3n) is 3.98. The molecule has 1 heterocycles. The molecular weight excluding hydrogens is 378 g/mol. The molecule has 138 valence electrons. The molecule has 4 nitrogen and oxygen atoms in total. The van der Waals surface area contributed by atoms with Gasteiger partial charge in [-0.25, -0.2) is 0 Å². The maximum atomic E-state index is 12.7. The zero-order chi connectivity index (χ0) is 19.2. The van der Waals surface area contributed by atoms with Gasteiger partial charge in [0, 0.05) is 6.54 Å². The standard InChI is InChI=1S/C21H19NO3S2/c1-2-13-25-18-9-5-16(6-10-18)14-19-20(24)22(21(26)27-19)12-11-15-3-7-17(23)8-4-15/h2-10,14,23H,1,11-13H2/b19-14-. The van der Waals surface area contributed by atoms with Crippen LogP contribution in [0.2, 0.25) is 0 Å². The number of phenolic OH excluding ortho intramolecular Hbond substituents is 1. The topological polar surface area (TPSA) is 49.8 Å². The Morgan fingerprint density at radius 3 is 2.52 bits per heavy atom. The van der Waals surface area contributed by atoms with Crippen molar-refractivity contribution in [2.75, 3.05) is 13.2 Å². The quantitative estimate of drug-likeness (QED) is 0.426. The molecule has 3 rings (SSSR count). The van der Waals surface area contributed by atoms with Crippen LogP contribution >= 0.6 is 24.0 Å². The van der Waals surface area contributed by atoms with Crippen molar-refractivity contribution >= 4 is 40.3 Å². The zero-order valence-electron chi connectivity index (χ0n) is 14.6. The second kappa shape index (κ2) is 8.88. The molecule has 2 aromatic carbocycles. The Balaban J connectivity index is 1.65. The minimum absolute atomic E-state index is 0.0734. The fraction of sp³-hybridized carbons (Fsp3) is 0.143. The lowest BCUT2D eigenvalue weighted by Crippen LogP contribution is -2.30. The van der Waals surface area contributed by atoms with Crippen LogP contribution in [-0.2, 0) is 11.2 Å². The van der Waals surface area contributed by atoms with Gasteiger partial charge in [-0.05, 0) is 47.9 Å². The average molecular weight is 398 g/mol. The number of phenols is 1. The van der Waals surface area contributed by atoms with Gasteiger partial charge in [0.25, 0.3) is 5.91 Å². The number of thioether (sulfide) groups is 1. The Labute approximate surface area is 168 Å². The Hall–Kier alpha value is -2.57. The van der Waals surface area contributed by atoms with Crippen LogP contribution in [0.5, 0.6) is 11.5 Å². The van der Waals surface area contributed by atoms with Gasteiger partial charge < -0.3 is 9.84 Å². The summed E-state index contributed by atoms with van der Waals surface area (Å²) in [6.45, 7) is 4.59. The molecule has 0 radical (unpaired) electrons. The van der Waals surface area contributed by atoms with Crippen LogP contribution in [0.15, 0.2) is 66.1 Å². The largest absolute Gasteiger partial charge is 0.508 e. The van der Waals surface area contributed by atoms with Crippen molar-refractivity contribution in [1.29, 1.82) is 0 Å². The van der Waals surface area contributed by atoms with E-state index in [1.807, 2.05) is 42.5 Å². The normalized spacial score (nSPS) is 15.4. The lowest BCUT2D eigenvalue weighted by molar-refractivity contribution is -0.122. The van der Waals surface area contributed by atoms with Gasteiger partial charge in [0.15, 0.2) is 0 Å². The third kappa shape index (κ3) is 4.99. The average Bonchev–Trinajstić information content (AvgIpc) is 2.94. The van der Waals surface area contributed by atoms with Crippen LogP contribution in [0.25, 0.3) is 6.08 Å². The molecule has 0 saturated carbocycles. The molecule has 2 aromatic rings. The first-order chi connectivity index (χ1) is 13.1. The number of carbonyl (C=O) groups is 1. The van der Waals surface area contributed by atoms with E-state index in [0.717, 1.165) is 16.9 Å². The van der Waals surface area contributed by atoms with E-state index in [1.54, 1.807) is 23.1 Å². The Morgan fingerprint density at radius 2 is 1.85 bits per heavy atom. The highest BCUT2D eigenvalue weighted by Gasteiger charge is 2.31. The van der Waals surface area contributed by atoms with Crippen molar-refractivity contribution in [2.45, 2.75) is 6.42 Å². The van der Waals surface area contributed by atoms with E-state index in [1.165, 1.54) is 11.8 Å². The molecule has 0 unspecified atom stereocenters. The van der Waals surface area contributed by atoms with Crippen molar-refractivity contribution in [2.24, 2.45) is 0 Å². The maximum absolute atomic E-state index is 12.7. The molecule has 1 aliphatic heterocycles.